The molecule has 0 radical (unpaired) electrons. The Kier molecular flexibility index (Phi) is 3.72. The molecule has 21 heavy (non-hydrogen) atoms. The van der Waals surface area contributed by atoms with Crippen LogP contribution >= 0.6 is 0 Å². The number of methoxy groups -OCH3 is 1. The van der Waals surface area contributed by atoms with Gasteiger partial charge in [-0.2, -0.15) is 5.10 Å². The molecular formula is C14H14N6O. The van der Waals surface area contributed by atoms with Crippen molar-refractivity contribution in [2.45, 2.75) is 6.54 Å². The summed E-state index contributed by atoms with van der Waals surface area (Å²) < 4.78 is 5.04. The lowest BCUT2D eigenvalue weighted by Crippen LogP contribution is -2.03. The summed E-state index contributed by atoms with van der Waals surface area (Å²) in [5.41, 5.74) is 0.976. The molecule has 0 saturated heterocycles. The molecule has 0 aliphatic carbocycles. The van der Waals surface area contributed by atoms with E-state index in [-0.39, 0.29) is 0 Å². The number of benzene rings is 1. The van der Waals surface area contributed by atoms with E-state index >= 15 is 0 Å². The highest BCUT2D eigenvalue weighted by Gasteiger charge is 2.05. The molecule has 3 aromatic rings. The number of aromatic nitrogens is 5. The van der Waals surface area contributed by atoms with Crippen LogP contribution in [0.25, 0.3) is 11.4 Å². The second-order valence-electron chi connectivity index (χ2n) is 4.27. The molecule has 0 amide bonds. The van der Waals surface area contributed by atoms with Gasteiger partial charge in [-0.25, -0.2) is 15.0 Å². The zero-order valence-corrected chi connectivity index (χ0v) is 11.4. The van der Waals surface area contributed by atoms with E-state index in [9.17, 15) is 0 Å². The van der Waals surface area contributed by atoms with E-state index in [2.05, 4.69) is 30.5 Å². The van der Waals surface area contributed by atoms with Crippen molar-refractivity contribution in [2.24, 2.45) is 0 Å². The Labute approximate surface area is 121 Å². The summed E-state index contributed by atoms with van der Waals surface area (Å²) in [6, 6.07) is 11.5. The lowest BCUT2D eigenvalue weighted by atomic mass is 10.2. The molecule has 0 unspecified atom stereocenters. The highest BCUT2D eigenvalue weighted by molar-refractivity contribution is 5.53. The minimum absolute atomic E-state index is 0.486. The standard InChI is InChI=1S/C14H14N6O/c1-21-13-7-11(16-9-17-13)15-8-12-18-14(20-19-12)10-5-3-2-4-6-10/h2-7,9H,8H2,1H3,(H,15,16,17)(H,18,19,20). The van der Waals surface area contributed by atoms with Crippen LogP contribution in [0.4, 0.5) is 5.82 Å². The molecule has 0 aliphatic rings. The molecule has 7 nitrogen and oxygen atoms in total. The van der Waals surface area contributed by atoms with Crippen LogP contribution in [-0.2, 0) is 6.54 Å². The molecule has 106 valence electrons. The Balaban J connectivity index is 1.67. The van der Waals surface area contributed by atoms with Gasteiger partial charge in [0.15, 0.2) is 5.82 Å². The normalized spacial score (nSPS) is 10.3. The van der Waals surface area contributed by atoms with Crippen LogP contribution in [0.15, 0.2) is 42.7 Å². The maximum atomic E-state index is 5.04. The van der Waals surface area contributed by atoms with Crippen LogP contribution in [0.3, 0.4) is 0 Å². The average Bonchev–Trinajstić information content (AvgIpc) is 3.03. The monoisotopic (exact) mass is 282 g/mol. The third kappa shape index (κ3) is 3.14. The highest BCUT2D eigenvalue weighted by Crippen LogP contribution is 2.14. The number of ether oxygens (including phenoxy) is 1. The average molecular weight is 282 g/mol. The summed E-state index contributed by atoms with van der Waals surface area (Å²) in [7, 11) is 1.56. The maximum Gasteiger partial charge on any atom is 0.218 e. The largest absolute Gasteiger partial charge is 0.481 e. The van der Waals surface area contributed by atoms with Gasteiger partial charge in [0.25, 0.3) is 0 Å². The quantitative estimate of drug-likeness (QED) is 0.742. The summed E-state index contributed by atoms with van der Waals surface area (Å²) in [5, 5.41) is 10.2. The molecule has 0 fully saturated rings. The third-order valence-corrected chi connectivity index (χ3v) is 2.85. The third-order valence-electron chi connectivity index (χ3n) is 2.85. The Morgan fingerprint density at radius 2 is 2.05 bits per heavy atom. The maximum absolute atomic E-state index is 5.04. The summed E-state index contributed by atoms with van der Waals surface area (Å²) in [6.07, 6.45) is 1.44. The lowest BCUT2D eigenvalue weighted by Gasteiger charge is -2.03. The predicted molar refractivity (Wildman–Crippen MR) is 77.7 cm³/mol. The molecule has 2 N–H and O–H groups in total. The Hall–Kier alpha value is -2.96. The van der Waals surface area contributed by atoms with Crippen LogP contribution in [0, 0.1) is 0 Å². The molecule has 2 aromatic heterocycles. The van der Waals surface area contributed by atoms with Crippen molar-refractivity contribution in [3.63, 3.8) is 0 Å². The molecule has 0 aliphatic heterocycles. The van der Waals surface area contributed by atoms with E-state index in [4.69, 9.17) is 4.74 Å². The first-order valence-corrected chi connectivity index (χ1v) is 6.42. The van der Waals surface area contributed by atoms with Gasteiger partial charge in [0.05, 0.1) is 13.7 Å². The molecule has 0 bridgehead atoms. The first-order valence-electron chi connectivity index (χ1n) is 6.42. The molecule has 1 aromatic carbocycles. The second-order valence-corrected chi connectivity index (χ2v) is 4.27. The summed E-state index contributed by atoms with van der Waals surface area (Å²) in [5.74, 6) is 2.58. The molecule has 0 spiro atoms. The number of anilines is 1. The predicted octanol–water partition coefficient (Wildman–Crippen LogP) is 1.88. The highest BCUT2D eigenvalue weighted by atomic mass is 16.5. The van der Waals surface area contributed by atoms with E-state index in [0.717, 1.165) is 11.4 Å². The molecular weight excluding hydrogens is 268 g/mol. The van der Waals surface area contributed by atoms with Crippen LogP contribution in [0.5, 0.6) is 5.88 Å². The van der Waals surface area contributed by atoms with Gasteiger partial charge in [-0.3, -0.25) is 5.10 Å². The number of aromatic amines is 1. The van der Waals surface area contributed by atoms with Crippen molar-refractivity contribution in [1.29, 1.82) is 0 Å². The van der Waals surface area contributed by atoms with Crippen molar-refractivity contribution in [3.8, 4) is 17.3 Å². The van der Waals surface area contributed by atoms with Gasteiger partial charge < -0.3 is 10.1 Å². The molecule has 0 atom stereocenters. The lowest BCUT2D eigenvalue weighted by molar-refractivity contribution is 0.397. The SMILES string of the molecule is COc1cc(NCc2nc(-c3ccccc3)n[nH]2)ncn1. The number of nitrogens with one attached hydrogen (secondary N) is 2. The van der Waals surface area contributed by atoms with E-state index in [1.807, 2.05) is 30.3 Å². The van der Waals surface area contributed by atoms with E-state index in [1.54, 1.807) is 13.2 Å². The van der Waals surface area contributed by atoms with Gasteiger partial charge in [0.2, 0.25) is 5.88 Å². The number of rotatable bonds is 5. The number of hydrogen-bond acceptors (Lipinski definition) is 6. The molecule has 7 heteroatoms. The number of H-pyrrole nitrogens is 1. The Morgan fingerprint density at radius 1 is 1.19 bits per heavy atom. The van der Waals surface area contributed by atoms with Gasteiger partial charge in [-0.1, -0.05) is 30.3 Å². The van der Waals surface area contributed by atoms with E-state index in [1.165, 1.54) is 6.33 Å². The zero-order valence-electron chi connectivity index (χ0n) is 11.4. The van der Waals surface area contributed by atoms with Gasteiger partial charge >= 0.3 is 0 Å². The van der Waals surface area contributed by atoms with Gasteiger partial charge in [-0.05, 0) is 0 Å². The van der Waals surface area contributed by atoms with Crippen LogP contribution in [-0.4, -0.2) is 32.3 Å². The first kappa shape index (κ1) is 13.0. The zero-order chi connectivity index (χ0) is 14.5. The summed E-state index contributed by atoms with van der Waals surface area (Å²) in [4.78, 5) is 12.5. The minimum Gasteiger partial charge on any atom is -0.481 e. The second kappa shape index (κ2) is 6.00. The fourth-order valence-electron chi connectivity index (χ4n) is 1.81. The van der Waals surface area contributed by atoms with Crippen molar-refractivity contribution < 1.29 is 4.74 Å². The van der Waals surface area contributed by atoms with Crippen LogP contribution in [0.2, 0.25) is 0 Å². The van der Waals surface area contributed by atoms with Crippen LogP contribution < -0.4 is 10.1 Å². The summed E-state index contributed by atoms with van der Waals surface area (Å²) in [6.45, 7) is 0.486. The van der Waals surface area contributed by atoms with Crippen LogP contribution in [0.1, 0.15) is 5.82 Å². The molecule has 0 saturated carbocycles. The van der Waals surface area contributed by atoms with Crippen molar-refractivity contribution in [1.82, 2.24) is 25.1 Å². The van der Waals surface area contributed by atoms with Gasteiger partial charge in [-0.15, -0.1) is 0 Å². The first-order chi connectivity index (χ1) is 10.3. The van der Waals surface area contributed by atoms with E-state index < -0.39 is 0 Å². The van der Waals surface area contributed by atoms with Gasteiger partial charge in [0.1, 0.15) is 18.0 Å². The Morgan fingerprint density at radius 3 is 2.86 bits per heavy atom. The molecule has 2 heterocycles. The van der Waals surface area contributed by atoms with Crippen molar-refractivity contribution >= 4 is 5.82 Å². The fraction of sp³-hybridized carbons (Fsp3) is 0.143. The Bertz CT molecular complexity index is 712. The minimum atomic E-state index is 0.486. The smallest absolute Gasteiger partial charge is 0.218 e. The fourth-order valence-corrected chi connectivity index (χ4v) is 1.81. The topological polar surface area (TPSA) is 88.6 Å². The van der Waals surface area contributed by atoms with E-state index in [0.29, 0.717) is 24.1 Å². The summed E-state index contributed by atoms with van der Waals surface area (Å²) >= 11 is 0. The van der Waals surface area contributed by atoms with Crippen molar-refractivity contribution in [3.05, 3.63) is 48.5 Å². The number of hydrogen-bond donors (Lipinski definition) is 2. The van der Waals surface area contributed by atoms with Gasteiger partial charge in [0, 0.05) is 11.6 Å². The molecule has 3 rings (SSSR count). The van der Waals surface area contributed by atoms with Crippen molar-refractivity contribution in [2.75, 3.05) is 12.4 Å². The number of nitrogens with zero attached hydrogens (tertiary/aromatic N) is 4.